The number of pyridine rings is 1. The highest BCUT2D eigenvalue weighted by Crippen LogP contribution is 2.15. The number of methoxy groups -OCH3 is 2. The number of hydrogen-bond donors (Lipinski definition) is 0. The van der Waals surface area contributed by atoms with Crippen LogP contribution in [0.15, 0.2) is 18.5 Å². The molecule has 0 saturated carbocycles. The minimum atomic E-state index is 0.561. The van der Waals surface area contributed by atoms with Crippen LogP contribution >= 0.6 is 0 Å². The van der Waals surface area contributed by atoms with Crippen molar-refractivity contribution < 1.29 is 9.47 Å². The smallest absolute Gasteiger partial charge is 0.142 e. The Morgan fingerprint density at radius 3 is 2.91 bits per heavy atom. The van der Waals surface area contributed by atoms with Crippen LogP contribution in [0.2, 0.25) is 0 Å². The van der Waals surface area contributed by atoms with E-state index in [0.717, 1.165) is 11.3 Å². The lowest BCUT2D eigenvalue weighted by molar-refractivity contribution is 0.181. The van der Waals surface area contributed by atoms with Crippen molar-refractivity contribution in [2.45, 2.75) is 6.61 Å². The average molecular weight is 153 g/mol. The number of rotatable bonds is 3. The quantitative estimate of drug-likeness (QED) is 0.654. The summed E-state index contributed by atoms with van der Waals surface area (Å²) in [4.78, 5) is 3.92. The van der Waals surface area contributed by atoms with Crippen molar-refractivity contribution in [3.05, 3.63) is 24.0 Å². The maximum absolute atomic E-state index is 5.06. The molecule has 0 saturated heterocycles. The summed E-state index contributed by atoms with van der Waals surface area (Å²) in [5, 5.41) is 0. The van der Waals surface area contributed by atoms with E-state index in [1.807, 2.05) is 6.07 Å². The molecule has 0 aliphatic rings. The molecule has 0 N–H and O–H groups in total. The summed E-state index contributed by atoms with van der Waals surface area (Å²) in [5.41, 5.74) is 1.02. The molecule has 0 aliphatic heterocycles. The highest BCUT2D eigenvalue weighted by molar-refractivity contribution is 5.28. The van der Waals surface area contributed by atoms with Crippen LogP contribution in [0.25, 0.3) is 0 Å². The van der Waals surface area contributed by atoms with Crippen LogP contribution in [0.4, 0.5) is 0 Å². The van der Waals surface area contributed by atoms with Gasteiger partial charge in [0.2, 0.25) is 0 Å². The molecule has 0 aromatic carbocycles. The molecule has 1 heterocycles. The molecule has 0 fully saturated rings. The van der Waals surface area contributed by atoms with Crippen LogP contribution in [0.5, 0.6) is 5.75 Å². The molecule has 3 nitrogen and oxygen atoms in total. The minimum absolute atomic E-state index is 0.561. The Hall–Kier alpha value is -1.09. The minimum Gasteiger partial charge on any atom is -0.495 e. The van der Waals surface area contributed by atoms with Gasteiger partial charge < -0.3 is 9.47 Å². The van der Waals surface area contributed by atoms with Crippen molar-refractivity contribution in [2.24, 2.45) is 0 Å². The first kappa shape index (κ1) is 8.01. The van der Waals surface area contributed by atoms with E-state index in [1.165, 1.54) is 0 Å². The SMILES string of the molecule is COCc1ccncc1OC. The van der Waals surface area contributed by atoms with Crippen LogP contribution in [-0.2, 0) is 11.3 Å². The van der Waals surface area contributed by atoms with Crippen molar-refractivity contribution in [1.29, 1.82) is 0 Å². The van der Waals surface area contributed by atoms with Crippen molar-refractivity contribution in [3.63, 3.8) is 0 Å². The topological polar surface area (TPSA) is 31.4 Å². The average Bonchev–Trinajstić information content (AvgIpc) is 2.06. The van der Waals surface area contributed by atoms with E-state index >= 15 is 0 Å². The van der Waals surface area contributed by atoms with E-state index in [2.05, 4.69) is 4.98 Å². The van der Waals surface area contributed by atoms with E-state index in [1.54, 1.807) is 26.6 Å². The summed E-state index contributed by atoms with van der Waals surface area (Å²) in [6.07, 6.45) is 3.39. The van der Waals surface area contributed by atoms with Crippen molar-refractivity contribution in [1.82, 2.24) is 4.98 Å². The van der Waals surface area contributed by atoms with Gasteiger partial charge in [-0.1, -0.05) is 0 Å². The van der Waals surface area contributed by atoms with Gasteiger partial charge in [-0.3, -0.25) is 4.98 Å². The molecule has 0 bridgehead atoms. The summed E-state index contributed by atoms with van der Waals surface area (Å²) < 4.78 is 10.0. The molecule has 0 atom stereocenters. The lowest BCUT2D eigenvalue weighted by Gasteiger charge is -2.04. The Labute approximate surface area is 66.0 Å². The summed E-state index contributed by atoms with van der Waals surface area (Å²) in [6, 6.07) is 1.88. The van der Waals surface area contributed by atoms with Crippen LogP contribution in [0, 0.1) is 0 Å². The zero-order valence-corrected chi connectivity index (χ0v) is 6.70. The predicted octanol–water partition coefficient (Wildman–Crippen LogP) is 1.24. The molecule has 0 radical (unpaired) electrons. The van der Waals surface area contributed by atoms with Gasteiger partial charge in [-0.05, 0) is 6.07 Å². The van der Waals surface area contributed by atoms with Gasteiger partial charge in [0.05, 0.1) is 19.9 Å². The number of aromatic nitrogens is 1. The Kier molecular flexibility index (Phi) is 2.86. The molecule has 11 heavy (non-hydrogen) atoms. The molecular weight excluding hydrogens is 142 g/mol. The first-order valence-electron chi connectivity index (χ1n) is 3.34. The fourth-order valence-electron chi connectivity index (χ4n) is 0.867. The van der Waals surface area contributed by atoms with Gasteiger partial charge in [-0.25, -0.2) is 0 Å². The molecule has 1 aromatic rings. The molecule has 0 amide bonds. The number of ether oxygens (including phenoxy) is 2. The predicted molar refractivity (Wildman–Crippen MR) is 41.5 cm³/mol. The highest BCUT2D eigenvalue weighted by Gasteiger charge is 1.99. The summed E-state index contributed by atoms with van der Waals surface area (Å²) >= 11 is 0. The van der Waals surface area contributed by atoms with Gasteiger partial charge in [0.25, 0.3) is 0 Å². The third-order valence-electron chi connectivity index (χ3n) is 1.39. The number of nitrogens with zero attached hydrogens (tertiary/aromatic N) is 1. The lowest BCUT2D eigenvalue weighted by Crippen LogP contribution is -1.93. The second-order valence-corrected chi connectivity index (χ2v) is 2.12. The summed E-state index contributed by atoms with van der Waals surface area (Å²) in [5.74, 6) is 0.773. The van der Waals surface area contributed by atoms with Crippen molar-refractivity contribution in [2.75, 3.05) is 14.2 Å². The summed E-state index contributed by atoms with van der Waals surface area (Å²) in [6.45, 7) is 0.561. The van der Waals surface area contributed by atoms with E-state index in [0.29, 0.717) is 6.61 Å². The van der Waals surface area contributed by atoms with Crippen molar-refractivity contribution >= 4 is 0 Å². The van der Waals surface area contributed by atoms with E-state index in [4.69, 9.17) is 9.47 Å². The molecule has 0 unspecified atom stereocenters. The Bertz CT molecular complexity index is 225. The second-order valence-electron chi connectivity index (χ2n) is 2.12. The molecule has 0 spiro atoms. The third-order valence-corrected chi connectivity index (χ3v) is 1.39. The fraction of sp³-hybridized carbons (Fsp3) is 0.375. The van der Waals surface area contributed by atoms with Gasteiger partial charge in [0, 0.05) is 18.9 Å². The Morgan fingerprint density at radius 2 is 2.27 bits per heavy atom. The van der Waals surface area contributed by atoms with Gasteiger partial charge in [0.1, 0.15) is 5.75 Å². The van der Waals surface area contributed by atoms with Crippen molar-refractivity contribution in [3.8, 4) is 5.75 Å². The zero-order valence-electron chi connectivity index (χ0n) is 6.70. The van der Waals surface area contributed by atoms with Gasteiger partial charge >= 0.3 is 0 Å². The Morgan fingerprint density at radius 1 is 1.45 bits per heavy atom. The molecule has 1 rings (SSSR count). The maximum Gasteiger partial charge on any atom is 0.142 e. The van der Waals surface area contributed by atoms with Crippen LogP contribution in [0.3, 0.4) is 0 Å². The largest absolute Gasteiger partial charge is 0.495 e. The molecule has 3 heteroatoms. The van der Waals surface area contributed by atoms with Gasteiger partial charge in [0.15, 0.2) is 0 Å². The van der Waals surface area contributed by atoms with Gasteiger partial charge in [-0.15, -0.1) is 0 Å². The fourth-order valence-corrected chi connectivity index (χ4v) is 0.867. The normalized spacial score (nSPS) is 9.64. The standard InChI is InChI=1S/C8H11NO2/c1-10-6-7-3-4-9-5-8(7)11-2/h3-5H,6H2,1-2H3. The van der Waals surface area contributed by atoms with Crippen LogP contribution in [0.1, 0.15) is 5.56 Å². The van der Waals surface area contributed by atoms with Crippen LogP contribution in [-0.4, -0.2) is 19.2 Å². The highest BCUT2D eigenvalue weighted by atomic mass is 16.5. The van der Waals surface area contributed by atoms with E-state index < -0.39 is 0 Å². The molecule has 60 valence electrons. The number of hydrogen-bond acceptors (Lipinski definition) is 3. The Balaban J connectivity index is 2.83. The maximum atomic E-state index is 5.06. The third kappa shape index (κ3) is 1.91. The van der Waals surface area contributed by atoms with Gasteiger partial charge in [-0.2, -0.15) is 0 Å². The second kappa shape index (κ2) is 3.93. The molecular formula is C8H11NO2. The van der Waals surface area contributed by atoms with E-state index in [9.17, 15) is 0 Å². The first-order valence-corrected chi connectivity index (χ1v) is 3.34. The van der Waals surface area contributed by atoms with E-state index in [-0.39, 0.29) is 0 Å². The lowest BCUT2D eigenvalue weighted by atomic mass is 10.2. The first-order chi connectivity index (χ1) is 5.38. The monoisotopic (exact) mass is 153 g/mol. The summed E-state index contributed by atoms with van der Waals surface area (Å²) in [7, 11) is 3.27. The van der Waals surface area contributed by atoms with Crippen LogP contribution < -0.4 is 4.74 Å². The molecule has 1 aromatic heterocycles. The molecule has 0 aliphatic carbocycles. The zero-order chi connectivity index (χ0) is 8.10.